The maximum absolute atomic E-state index is 13.6. The highest BCUT2D eigenvalue weighted by atomic mass is 32.2. The Balaban J connectivity index is 2.74. The van der Waals surface area contributed by atoms with Crippen LogP contribution in [0.2, 0.25) is 0 Å². The maximum Gasteiger partial charge on any atom is 0.243 e. The number of aliphatic hydroxyl groups is 1. The standard InChI is InChI=1S/C22H37NO4S/c1-20(2,3)17-10-16(11-18(19(17)27-9)21(4,5)6)28(25,26)23-14-22(7,8)12-15(23)13-24/h10-11,15,24H,12-14H2,1-9H3/t15-/m0/s1. The maximum atomic E-state index is 13.6. The number of rotatable bonds is 4. The molecular formula is C22H37NO4S. The minimum atomic E-state index is -3.74. The molecule has 5 nitrogen and oxygen atoms in total. The van der Waals surface area contributed by atoms with E-state index in [2.05, 4.69) is 41.5 Å². The van der Waals surface area contributed by atoms with E-state index in [9.17, 15) is 13.5 Å². The minimum absolute atomic E-state index is 0.160. The monoisotopic (exact) mass is 411 g/mol. The third-order valence-corrected chi connectivity index (χ3v) is 7.36. The van der Waals surface area contributed by atoms with E-state index in [0.717, 1.165) is 16.9 Å². The Morgan fingerprint density at radius 1 is 1.11 bits per heavy atom. The van der Waals surface area contributed by atoms with Crippen molar-refractivity contribution in [1.82, 2.24) is 4.31 Å². The molecular weight excluding hydrogens is 374 g/mol. The Kier molecular flexibility index (Phi) is 6.04. The van der Waals surface area contributed by atoms with E-state index in [4.69, 9.17) is 4.74 Å². The average Bonchev–Trinajstić information content (AvgIpc) is 2.87. The zero-order valence-corrected chi connectivity index (χ0v) is 19.7. The first-order valence-electron chi connectivity index (χ1n) is 9.90. The van der Waals surface area contributed by atoms with Crippen molar-refractivity contribution in [2.45, 2.75) is 83.6 Å². The van der Waals surface area contributed by atoms with Gasteiger partial charge in [0.05, 0.1) is 18.6 Å². The van der Waals surface area contributed by atoms with Gasteiger partial charge in [-0.15, -0.1) is 0 Å². The quantitative estimate of drug-likeness (QED) is 0.811. The number of benzene rings is 1. The topological polar surface area (TPSA) is 66.8 Å². The fourth-order valence-electron chi connectivity index (χ4n) is 4.01. The van der Waals surface area contributed by atoms with E-state index < -0.39 is 16.1 Å². The summed E-state index contributed by atoms with van der Waals surface area (Å²) in [4.78, 5) is 0.277. The van der Waals surface area contributed by atoms with Crippen LogP contribution in [0, 0.1) is 5.41 Å². The van der Waals surface area contributed by atoms with Gasteiger partial charge in [-0.1, -0.05) is 55.4 Å². The molecule has 1 atom stereocenters. The van der Waals surface area contributed by atoms with Crippen molar-refractivity contribution < 1.29 is 18.3 Å². The third kappa shape index (κ3) is 4.39. The Morgan fingerprint density at radius 3 is 1.93 bits per heavy atom. The molecule has 6 heteroatoms. The number of sulfonamides is 1. The largest absolute Gasteiger partial charge is 0.496 e. The second kappa shape index (κ2) is 7.29. The lowest BCUT2D eigenvalue weighted by Gasteiger charge is -2.31. The predicted octanol–water partition coefficient (Wildman–Crippen LogP) is 4.07. The van der Waals surface area contributed by atoms with Gasteiger partial charge in [-0.3, -0.25) is 0 Å². The number of methoxy groups -OCH3 is 1. The Bertz CT molecular complexity index is 794. The summed E-state index contributed by atoms with van der Waals surface area (Å²) in [5.74, 6) is 0.749. The van der Waals surface area contributed by atoms with Crippen LogP contribution in [0.25, 0.3) is 0 Å². The van der Waals surface area contributed by atoms with Crippen LogP contribution in [0.3, 0.4) is 0 Å². The molecule has 1 aromatic rings. The molecule has 0 saturated carbocycles. The molecule has 1 aliphatic heterocycles. The summed E-state index contributed by atoms with van der Waals surface area (Å²) in [6.45, 7) is 16.7. The first-order chi connectivity index (χ1) is 12.5. The summed E-state index contributed by atoms with van der Waals surface area (Å²) >= 11 is 0. The van der Waals surface area contributed by atoms with E-state index in [-0.39, 0.29) is 27.7 Å². The summed E-state index contributed by atoms with van der Waals surface area (Å²) in [7, 11) is -2.11. The molecule has 1 fully saturated rings. The molecule has 1 N–H and O–H groups in total. The second-order valence-electron chi connectivity index (χ2n) is 10.8. The van der Waals surface area contributed by atoms with Gasteiger partial charge in [0.15, 0.2) is 0 Å². The van der Waals surface area contributed by atoms with Crippen LogP contribution >= 0.6 is 0 Å². The lowest BCUT2D eigenvalue weighted by atomic mass is 9.79. The molecule has 0 amide bonds. The minimum Gasteiger partial charge on any atom is -0.496 e. The number of ether oxygens (including phenoxy) is 1. The Labute approximate surface area is 171 Å². The van der Waals surface area contributed by atoms with Gasteiger partial charge in [-0.25, -0.2) is 8.42 Å². The lowest BCUT2D eigenvalue weighted by Crippen LogP contribution is -2.38. The molecule has 1 aliphatic rings. The predicted molar refractivity (Wildman–Crippen MR) is 114 cm³/mol. The fraction of sp³-hybridized carbons (Fsp3) is 0.727. The van der Waals surface area contributed by atoms with Gasteiger partial charge in [0.25, 0.3) is 0 Å². The van der Waals surface area contributed by atoms with Gasteiger partial charge in [0, 0.05) is 23.7 Å². The first-order valence-corrected chi connectivity index (χ1v) is 11.3. The van der Waals surface area contributed by atoms with Gasteiger partial charge >= 0.3 is 0 Å². The smallest absolute Gasteiger partial charge is 0.243 e. The van der Waals surface area contributed by atoms with E-state index in [1.165, 1.54) is 4.31 Å². The fourth-order valence-corrected chi connectivity index (χ4v) is 5.87. The van der Waals surface area contributed by atoms with Crippen LogP contribution < -0.4 is 4.74 Å². The summed E-state index contributed by atoms with van der Waals surface area (Å²) in [5, 5.41) is 9.80. The van der Waals surface area contributed by atoms with E-state index >= 15 is 0 Å². The van der Waals surface area contributed by atoms with Crippen molar-refractivity contribution in [3.8, 4) is 5.75 Å². The van der Waals surface area contributed by atoms with E-state index in [1.807, 2.05) is 13.8 Å². The molecule has 0 aromatic heterocycles. The zero-order chi connectivity index (χ0) is 21.7. The van der Waals surface area contributed by atoms with Gasteiger partial charge in [0.1, 0.15) is 5.75 Å². The highest BCUT2D eigenvalue weighted by Gasteiger charge is 2.44. The van der Waals surface area contributed by atoms with Crippen LogP contribution in [-0.2, 0) is 20.9 Å². The van der Waals surface area contributed by atoms with Crippen LogP contribution in [0.4, 0.5) is 0 Å². The van der Waals surface area contributed by atoms with Crippen LogP contribution in [-0.4, -0.2) is 44.1 Å². The number of aliphatic hydroxyl groups excluding tert-OH is 1. The summed E-state index contributed by atoms with van der Waals surface area (Å²) in [6.07, 6.45) is 0.650. The SMILES string of the molecule is COc1c(C(C)(C)C)cc(S(=O)(=O)N2CC(C)(C)C[C@H]2CO)cc1C(C)(C)C. The molecule has 28 heavy (non-hydrogen) atoms. The molecule has 0 radical (unpaired) electrons. The van der Waals surface area contributed by atoms with E-state index in [1.54, 1.807) is 19.2 Å². The van der Waals surface area contributed by atoms with Crippen molar-refractivity contribution in [2.24, 2.45) is 5.41 Å². The summed E-state index contributed by atoms with van der Waals surface area (Å²) < 4.78 is 34.5. The molecule has 1 saturated heterocycles. The van der Waals surface area contributed by atoms with Gasteiger partial charge in [-0.2, -0.15) is 4.31 Å². The zero-order valence-electron chi connectivity index (χ0n) is 18.9. The van der Waals surface area contributed by atoms with Crippen LogP contribution in [0.5, 0.6) is 5.75 Å². The van der Waals surface area contributed by atoms with Crippen LogP contribution in [0.15, 0.2) is 17.0 Å². The van der Waals surface area contributed by atoms with Crippen molar-refractivity contribution in [1.29, 1.82) is 0 Å². The molecule has 0 bridgehead atoms. The van der Waals surface area contributed by atoms with Gasteiger partial charge in [0.2, 0.25) is 10.0 Å². The Morgan fingerprint density at radius 2 is 1.57 bits per heavy atom. The second-order valence-corrected chi connectivity index (χ2v) is 12.7. The molecule has 160 valence electrons. The van der Waals surface area contributed by atoms with E-state index in [0.29, 0.717) is 13.0 Å². The highest BCUT2D eigenvalue weighted by Crippen LogP contribution is 2.43. The summed E-state index contributed by atoms with van der Waals surface area (Å²) in [6, 6.07) is 3.12. The Hall–Kier alpha value is -1.11. The number of nitrogens with zero attached hydrogens (tertiary/aromatic N) is 1. The van der Waals surface area contributed by atoms with Crippen molar-refractivity contribution >= 4 is 10.0 Å². The summed E-state index contributed by atoms with van der Waals surface area (Å²) in [5.41, 5.74) is 1.03. The lowest BCUT2D eigenvalue weighted by molar-refractivity contribution is 0.212. The van der Waals surface area contributed by atoms with Gasteiger partial charge < -0.3 is 9.84 Å². The van der Waals surface area contributed by atoms with Crippen molar-refractivity contribution in [3.63, 3.8) is 0 Å². The molecule has 0 unspecified atom stereocenters. The highest BCUT2D eigenvalue weighted by molar-refractivity contribution is 7.89. The average molecular weight is 412 g/mol. The molecule has 2 rings (SSSR count). The van der Waals surface area contributed by atoms with Crippen molar-refractivity contribution in [2.75, 3.05) is 20.3 Å². The number of hydrogen-bond donors (Lipinski definition) is 1. The molecule has 1 heterocycles. The third-order valence-electron chi connectivity index (χ3n) is 5.48. The first kappa shape index (κ1) is 23.2. The van der Waals surface area contributed by atoms with Gasteiger partial charge in [-0.05, 0) is 34.8 Å². The molecule has 0 aliphatic carbocycles. The molecule has 0 spiro atoms. The normalized spacial score (nSPS) is 21.1. The van der Waals surface area contributed by atoms with Crippen LogP contribution in [0.1, 0.15) is 72.9 Å². The number of hydrogen-bond acceptors (Lipinski definition) is 4. The molecule has 1 aromatic carbocycles. The van der Waals surface area contributed by atoms with Crippen molar-refractivity contribution in [3.05, 3.63) is 23.3 Å².